The van der Waals surface area contributed by atoms with Crippen LogP contribution < -0.4 is 10.9 Å². The number of nitrogens with zero attached hydrogens (tertiary/aromatic N) is 2. The normalized spacial score (nSPS) is 10.9. The molecule has 1 aromatic carbocycles. The van der Waals surface area contributed by atoms with E-state index in [-0.39, 0.29) is 17.0 Å². The van der Waals surface area contributed by atoms with Gasteiger partial charge in [0.15, 0.2) is 0 Å². The minimum atomic E-state index is -1.03. The summed E-state index contributed by atoms with van der Waals surface area (Å²) in [6.45, 7) is 4.47. The predicted molar refractivity (Wildman–Crippen MR) is 109 cm³/mol. The smallest absolute Gasteiger partial charge is 0.335 e. The number of aromatic carboxylic acids is 1. The van der Waals surface area contributed by atoms with Crippen LogP contribution in [0.15, 0.2) is 35.4 Å². The van der Waals surface area contributed by atoms with Crippen LogP contribution >= 0.6 is 11.3 Å². The first-order valence-corrected chi connectivity index (χ1v) is 9.87. The van der Waals surface area contributed by atoms with Crippen molar-refractivity contribution in [1.29, 1.82) is 0 Å². The molecule has 3 rings (SSSR count). The van der Waals surface area contributed by atoms with Crippen LogP contribution in [0, 0.1) is 6.92 Å². The lowest BCUT2D eigenvalue weighted by molar-refractivity contribution is 0.0696. The largest absolute Gasteiger partial charge is 0.478 e. The quantitative estimate of drug-likeness (QED) is 0.587. The molecule has 0 radical (unpaired) electrons. The van der Waals surface area contributed by atoms with Gasteiger partial charge in [-0.3, -0.25) is 14.2 Å². The van der Waals surface area contributed by atoms with Crippen molar-refractivity contribution in [2.24, 2.45) is 0 Å². The number of carboxylic acid groups (broad SMARTS) is 1. The summed E-state index contributed by atoms with van der Waals surface area (Å²) >= 11 is 1.18. The fraction of sp³-hybridized carbons (Fsp3) is 0.300. The predicted octanol–water partition coefficient (Wildman–Crippen LogP) is 3.91. The first-order chi connectivity index (χ1) is 13.4. The van der Waals surface area contributed by atoms with E-state index in [1.165, 1.54) is 35.6 Å². The van der Waals surface area contributed by atoms with Gasteiger partial charge in [-0.25, -0.2) is 9.78 Å². The van der Waals surface area contributed by atoms with E-state index in [1.807, 2.05) is 0 Å². The number of benzene rings is 1. The molecule has 0 fully saturated rings. The summed E-state index contributed by atoms with van der Waals surface area (Å²) < 4.78 is 1.60. The number of fused-ring (bicyclic) bond motifs is 1. The summed E-state index contributed by atoms with van der Waals surface area (Å²) in [5.41, 5.74) is 1.11. The summed E-state index contributed by atoms with van der Waals surface area (Å²) in [6.07, 6.45) is 4.57. The Morgan fingerprint density at radius 2 is 1.93 bits per heavy atom. The van der Waals surface area contributed by atoms with Crippen LogP contribution in [0.25, 0.3) is 10.2 Å². The molecule has 1 amide bonds. The van der Waals surface area contributed by atoms with E-state index < -0.39 is 5.97 Å². The van der Waals surface area contributed by atoms with E-state index in [9.17, 15) is 14.4 Å². The second-order valence-electron chi connectivity index (χ2n) is 6.52. The van der Waals surface area contributed by atoms with E-state index in [4.69, 9.17) is 5.11 Å². The number of unbranched alkanes of at least 4 members (excludes halogenated alkanes) is 2. The SMILES string of the molecule is CCCCCn1cnc2sc(C(=O)Nc3ccc(C(=O)O)cc3)c(C)c2c1=O. The van der Waals surface area contributed by atoms with Gasteiger partial charge in [0.05, 0.1) is 22.2 Å². The monoisotopic (exact) mass is 399 g/mol. The average molecular weight is 399 g/mol. The minimum absolute atomic E-state index is 0.125. The minimum Gasteiger partial charge on any atom is -0.478 e. The van der Waals surface area contributed by atoms with Crippen LogP contribution in [0.4, 0.5) is 5.69 Å². The molecule has 146 valence electrons. The molecule has 2 aromatic heterocycles. The fourth-order valence-corrected chi connectivity index (χ4v) is 3.99. The van der Waals surface area contributed by atoms with Crippen molar-refractivity contribution in [3.63, 3.8) is 0 Å². The van der Waals surface area contributed by atoms with Gasteiger partial charge in [-0.15, -0.1) is 11.3 Å². The van der Waals surface area contributed by atoms with Crippen molar-refractivity contribution in [3.8, 4) is 0 Å². The number of thiophene rings is 1. The number of hydrogen-bond donors (Lipinski definition) is 2. The van der Waals surface area contributed by atoms with Crippen LogP contribution in [-0.4, -0.2) is 26.5 Å². The number of carbonyl (C=O) groups excluding carboxylic acids is 1. The molecule has 0 unspecified atom stereocenters. The lowest BCUT2D eigenvalue weighted by Gasteiger charge is -2.05. The molecule has 0 spiro atoms. The number of rotatable bonds is 7. The van der Waals surface area contributed by atoms with E-state index in [2.05, 4.69) is 17.2 Å². The Hall–Kier alpha value is -3.00. The topological polar surface area (TPSA) is 101 Å². The highest BCUT2D eigenvalue weighted by Gasteiger charge is 2.19. The highest BCUT2D eigenvalue weighted by Crippen LogP contribution is 2.27. The van der Waals surface area contributed by atoms with Crippen LogP contribution in [-0.2, 0) is 6.54 Å². The lowest BCUT2D eigenvalue weighted by Crippen LogP contribution is -2.20. The van der Waals surface area contributed by atoms with Crippen molar-refractivity contribution < 1.29 is 14.7 Å². The van der Waals surface area contributed by atoms with Gasteiger partial charge in [0.1, 0.15) is 4.83 Å². The summed E-state index contributed by atoms with van der Waals surface area (Å²) in [5, 5.41) is 12.2. The molecule has 0 saturated carbocycles. The molecule has 0 aliphatic heterocycles. The maximum absolute atomic E-state index is 12.8. The Morgan fingerprint density at radius 3 is 2.57 bits per heavy atom. The third-order valence-corrected chi connectivity index (χ3v) is 5.71. The van der Waals surface area contributed by atoms with Gasteiger partial charge < -0.3 is 10.4 Å². The molecule has 0 bridgehead atoms. The number of anilines is 1. The maximum Gasteiger partial charge on any atom is 0.335 e. The second-order valence-corrected chi connectivity index (χ2v) is 7.52. The molecule has 0 aliphatic carbocycles. The third-order valence-electron chi connectivity index (χ3n) is 4.52. The summed E-state index contributed by atoms with van der Waals surface area (Å²) in [4.78, 5) is 41.7. The molecule has 8 heteroatoms. The average Bonchev–Trinajstić information content (AvgIpc) is 3.01. The van der Waals surface area contributed by atoms with Crippen LogP contribution in [0.3, 0.4) is 0 Å². The molecule has 0 aliphatic rings. The number of aromatic nitrogens is 2. The van der Waals surface area contributed by atoms with Gasteiger partial charge in [-0.1, -0.05) is 19.8 Å². The van der Waals surface area contributed by atoms with E-state index >= 15 is 0 Å². The van der Waals surface area contributed by atoms with Gasteiger partial charge >= 0.3 is 5.97 Å². The zero-order valence-electron chi connectivity index (χ0n) is 15.7. The Labute approximate surface area is 165 Å². The Kier molecular flexibility index (Phi) is 5.89. The molecule has 0 saturated heterocycles. The van der Waals surface area contributed by atoms with Crippen molar-refractivity contribution in [3.05, 3.63) is 57.0 Å². The molecular weight excluding hydrogens is 378 g/mol. The zero-order chi connectivity index (χ0) is 20.3. The van der Waals surface area contributed by atoms with Crippen LogP contribution in [0.2, 0.25) is 0 Å². The van der Waals surface area contributed by atoms with Gasteiger partial charge in [0, 0.05) is 12.2 Å². The summed E-state index contributed by atoms with van der Waals surface area (Å²) in [6, 6.07) is 5.91. The number of nitrogens with one attached hydrogen (secondary N) is 1. The molecule has 3 aromatic rings. The number of amides is 1. The molecule has 0 atom stereocenters. The first-order valence-electron chi connectivity index (χ1n) is 9.05. The fourth-order valence-electron chi connectivity index (χ4n) is 2.95. The van der Waals surface area contributed by atoms with Gasteiger partial charge in [0.2, 0.25) is 0 Å². The molecule has 2 heterocycles. The van der Waals surface area contributed by atoms with Gasteiger partial charge in [-0.2, -0.15) is 0 Å². The lowest BCUT2D eigenvalue weighted by atomic mass is 10.2. The molecular formula is C20H21N3O4S. The number of aryl methyl sites for hydroxylation is 2. The van der Waals surface area contributed by atoms with E-state index in [0.717, 1.165) is 19.3 Å². The zero-order valence-corrected chi connectivity index (χ0v) is 16.5. The summed E-state index contributed by atoms with van der Waals surface area (Å²) in [7, 11) is 0. The van der Waals surface area contributed by atoms with E-state index in [0.29, 0.717) is 32.9 Å². The molecule has 28 heavy (non-hydrogen) atoms. The first kappa shape index (κ1) is 19.8. The highest BCUT2D eigenvalue weighted by molar-refractivity contribution is 7.20. The van der Waals surface area contributed by atoms with Crippen LogP contribution in [0.5, 0.6) is 0 Å². The Bertz CT molecular complexity index is 1080. The Morgan fingerprint density at radius 1 is 1.21 bits per heavy atom. The number of carboxylic acids is 1. The van der Waals surface area contributed by atoms with Gasteiger partial charge in [0.25, 0.3) is 11.5 Å². The Balaban J connectivity index is 1.87. The summed E-state index contributed by atoms with van der Waals surface area (Å²) in [5.74, 6) is -1.37. The molecule has 7 nitrogen and oxygen atoms in total. The van der Waals surface area contributed by atoms with Crippen LogP contribution in [0.1, 0.15) is 51.8 Å². The third kappa shape index (κ3) is 3.96. The maximum atomic E-state index is 12.8. The standard InChI is InChI=1S/C20H21N3O4S/c1-3-4-5-10-23-11-21-18-15(19(23)25)12(2)16(28-18)17(24)22-14-8-6-13(7-9-14)20(26)27/h6-9,11H,3-5,10H2,1-2H3,(H,22,24)(H,26,27). The van der Waals surface area contributed by atoms with Crippen molar-refractivity contribution in [2.45, 2.75) is 39.7 Å². The van der Waals surface area contributed by atoms with Crippen molar-refractivity contribution >= 4 is 39.1 Å². The van der Waals surface area contributed by atoms with Crippen molar-refractivity contribution in [1.82, 2.24) is 9.55 Å². The van der Waals surface area contributed by atoms with Crippen molar-refractivity contribution in [2.75, 3.05) is 5.32 Å². The van der Waals surface area contributed by atoms with Gasteiger partial charge in [-0.05, 0) is 43.2 Å². The number of carbonyl (C=O) groups is 2. The number of hydrogen-bond acceptors (Lipinski definition) is 5. The molecule has 2 N–H and O–H groups in total. The highest BCUT2D eigenvalue weighted by atomic mass is 32.1. The second kappa shape index (κ2) is 8.35. The van der Waals surface area contributed by atoms with E-state index in [1.54, 1.807) is 17.8 Å².